The van der Waals surface area contributed by atoms with Crippen LogP contribution in [-0.2, 0) is 0 Å². The van der Waals surface area contributed by atoms with Gasteiger partial charge in [-0.05, 0) is 36.4 Å². The van der Waals surface area contributed by atoms with E-state index in [-0.39, 0.29) is 24.4 Å². The van der Waals surface area contributed by atoms with Crippen LogP contribution in [0.25, 0.3) is 0 Å². The Kier molecular flexibility index (Phi) is 6.60. The van der Waals surface area contributed by atoms with Crippen molar-refractivity contribution in [2.75, 3.05) is 28.4 Å². The molecule has 2 aromatic carbocycles. The molecule has 138 valence electrons. The Morgan fingerprint density at radius 3 is 1.27 bits per heavy atom. The van der Waals surface area contributed by atoms with Crippen LogP contribution in [0.1, 0.15) is 33.6 Å². The maximum atomic E-state index is 12.4. The van der Waals surface area contributed by atoms with Crippen molar-refractivity contribution in [1.29, 1.82) is 0 Å². The number of benzene rings is 2. The molecule has 0 heterocycles. The summed E-state index contributed by atoms with van der Waals surface area (Å²) < 4.78 is 20.7. The number of carbonyl (C=O) groups is 2. The highest BCUT2D eigenvalue weighted by Gasteiger charge is 2.15. The molecule has 26 heavy (non-hydrogen) atoms. The van der Waals surface area contributed by atoms with Crippen molar-refractivity contribution < 1.29 is 28.5 Å². The zero-order valence-electron chi connectivity index (χ0n) is 15.3. The Hall–Kier alpha value is -3.02. The molecule has 0 amide bonds. The van der Waals surface area contributed by atoms with Gasteiger partial charge in [-0.1, -0.05) is 0 Å². The summed E-state index contributed by atoms with van der Waals surface area (Å²) in [5, 5.41) is 0. The third-order valence-electron chi connectivity index (χ3n) is 3.99. The van der Waals surface area contributed by atoms with E-state index in [1.165, 1.54) is 28.4 Å². The molecule has 2 rings (SSSR count). The highest BCUT2D eigenvalue weighted by Crippen LogP contribution is 2.29. The zero-order chi connectivity index (χ0) is 19.1. The van der Waals surface area contributed by atoms with Gasteiger partial charge >= 0.3 is 0 Å². The van der Waals surface area contributed by atoms with Crippen LogP contribution in [-0.4, -0.2) is 40.0 Å². The summed E-state index contributed by atoms with van der Waals surface area (Å²) in [6, 6.07) is 9.88. The van der Waals surface area contributed by atoms with Crippen molar-refractivity contribution in [3.63, 3.8) is 0 Å². The van der Waals surface area contributed by atoms with Crippen molar-refractivity contribution in [2.24, 2.45) is 0 Å². The van der Waals surface area contributed by atoms with Gasteiger partial charge in [-0.2, -0.15) is 0 Å². The van der Waals surface area contributed by atoms with Crippen molar-refractivity contribution in [3.8, 4) is 23.0 Å². The normalized spacial score (nSPS) is 10.2. The van der Waals surface area contributed by atoms with Gasteiger partial charge in [0.15, 0.2) is 34.6 Å². The Morgan fingerprint density at radius 2 is 0.962 bits per heavy atom. The predicted octanol–water partition coefficient (Wildman–Crippen LogP) is 3.57. The molecule has 0 saturated carbocycles. The first-order valence-electron chi connectivity index (χ1n) is 8.04. The van der Waals surface area contributed by atoms with E-state index in [1.807, 2.05) is 0 Å². The largest absolute Gasteiger partial charge is 0.493 e. The first-order chi connectivity index (χ1) is 12.5. The number of hydrogen-bond acceptors (Lipinski definition) is 6. The van der Waals surface area contributed by atoms with E-state index in [4.69, 9.17) is 18.9 Å². The van der Waals surface area contributed by atoms with Crippen LogP contribution >= 0.6 is 0 Å². The quantitative estimate of drug-likeness (QED) is 0.638. The lowest BCUT2D eigenvalue weighted by Gasteiger charge is -2.10. The molecular formula is C20H22O6. The summed E-state index contributed by atoms with van der Waals surface area (Å²) in [6.45, 7) is 0. The Labute approximate surface area is 152 Å². The van der Waals surface area contributed by atoms with E-state index in [0.29, 0.717) is 34.1 Å². The average molecular weight is 358 g/mol. The first kappa shape index (κ1) is 19.3. The smallest absolute Gasteiger partial charge is 0.163 e. The number of ether oxygens (including phenoxy) is 4. The molecule has 0 bridgehead atoms. The molecular weight excluding hydrogens is 336 g/mol. The minimum absolute atomic E-state index is 0.0999. The van der Waals surface area contributed by atoms with Crippen LogP contribution in [0.4, 0.5) is 0 Å². The van der Waals surface area contributed by atoms with Crippen LogP contribution < -0.4 is 18.9 Å². The lowest BCUT2D eigenvalue weighted by atomic mass is 10.0. The van der Waals surface area contributed by atoms with Gasteiger partial charge in [-0.15, -0.1) is 0 Å². The molecule has 0 aliphatic heterocycles. The van der Waals surface area contributed by atoms with E-state index in [1.54, 1.807) is 36.4 Å². The van der Waals surface area contributed by atoms with Gasteiger partial charge in [-0.25, -0.2) is 0 Å². The maximum absolute atomic E-state index is 12.4. The van der Waals surface area contributed by atoms with E-state index < -0.39 is 0 Å². The number of hydrogen-bond donors (Lipinski definition) is 0. The molecule has 0 saturated heterocycles. The predicted molar refractivity (Wildman–Crippen MR) is 97.0 cm³/mol. The molecule has 0 N–H and O–H groups in total. The van der Waals surface area contributed by atoms with Crippen LogP contribution in [0.3, 0.4) is 0 Å². The van der Waals surface area contributed by atoms with E-state index in [9.17, 15) is 9.59 Å². The average Bonchev–Trinajstić information content (AvgIpc) is 2.70. The monoisotopic (exact) mass is 358 g/mol. The van der Waals surface area contributed by atoms with Crippen molar-refractivity contribution in [3.05, 3.63) is 47.5 Å². The number of methoxy groups -OCH3 is 4. The third-order valence-corrected chi connectivity index (χ3v) is 3.99. The van der Waals surface area contributed by atoms with E-state index >= 15 is 0 Å². The highest BCUT2D eigenvalue weighted by atomic mass is 16.5. The summed E-state index contributed by atoms with van der Waals surface area (Å²) in [6.07, 6.45) is 0.200. The molecule has 0 aliphatic rings. The molecule has 2 aromatic rings. The summed E-state index contributed by atoms with van der Waals surface area (Å²) in [4.78, 5) is 24.8. The second-order valence-electron chi connectivity index (χ2n) is 5.49. The van der Waals surface area contributed by atoms with Gasteiger partial charge in [0.05, 0.1) is 28.4 Å². The number of carbonyl (C=O) groups excluding carboxylic acids is 2. The topological polar surface area (TPSA) is 71.1 Å². The van der Waals surface area contributed by atoms with Gasteiger partial charge < -0.3 is 18.9 Å². The minimum Gasteiger partial charge on any atom is -0.493 e. The van der Waals surface area contributed by atoms with Gasteiger partial charge in [0.2, 0.25) is 0 Å². The minimum atomic E-state index is -0.139. The van der Waals surface area contributed by atoms with Gasteiger partial charge in [-0.3, -0.25) is 9.59 Å². The fourth-order valence-electron chi connectivity index (χ4n) is 2.54. The molecule has 0 fully saturated rings. The second-order valence-corrected chi connectivity index (χ2v) is 5.49. The Morgan fingerprint density at radius 1 is 0.615 bits per heavy atom. The molecule has 0 unspecified atom stereocenters. The van der Waals surface area contributed by atoms with Crippen LogP contribution in [0.5, 0.6) is 23.0 Å². The molecule has 0 spiro atoms. The summed E-state index contributed by atoms with van der Waals surface area (Å²) in [7, 11) is 6.07. The lowest BCUT2D eigenvalue weighted by Crippen LogP contribution is -2.06. The van der Waals surface area contributed by atoms with E-state index in [0.717, 1.165) is 0 Å². The lowest BCUT2D eigenvalue weighted by molar-refractivity contribution is 0.0917. The summed E-state index contributed by atoms with van der Waals surface area (Å²) in [5.41, 5.74) is 0.950. The van der Waals surface area contributed by atoms with Crippen molar-refractivity contribution in [1.82, 2.24) is 0 Å². The SMILES string of the molecule is COc1ccc(C(=O)CCC(=O)c2ccc(OC)c(OC)c2)cc1OC. The number of Topliss-reactive ketones (excluding diaryl/α,β-unsaturated/α-hetero) is 2. The highest BCUT2D eigenvalue weighted by molar-refractivity contribution is 6.02. The van der Waals surface area contributed by atoms with Crippen LogP contribution in [0.2, 0.25) is 0 Å². The molecule has 0 aliphatic carbocycles. The molecule has 6 nitrogen and oxygen atoms in total. The molecule has 6 heteroatoms. The fourth-order valence-corrected chi connectivity index (χ4v) is 2.54. The molecule has 0 radical (unpaired) electrons. The third kappa shape index (κ3) is 4.33. The number of rotatable bonds is 9. The van der Waals surface area contributed by atoms with Crippen molar-refractivity contribution >= 4 is 11.6 Å². The van der Waals surface area contributed by atoms with Gasteiger partial charge in [0, 0.05) is 24.0 Å². The zero-order valence-corrected chi connectivity index (χ0v) is 15.3. The fraction of sp³-hybridized carbons (Fsp3) is 0.300. The Bertz CT molecular complexity index is 729. The van der Waals surface area contributed by atoms with Crippen LogP contribution in [0, 0.1) is 0 Å². The molecule has 0 atom stereocenters. The molecule has 0 aromatic heterocycles. The summed E-state index contributed by atoms with van der Waals surface area (Å²) in [5.74, 6) is 1.77. The number of ketones is 2. The van der Waals surface area contributed by atoms with Gasteiger partial charge in [0.1, 0.15) is 0 Å². The van der Waals surface area contributed by atoms with Gasteiger partial charge in [0.25, 0.3) is 0 Å². The standard InChI is InChI=1S/C20H22O6/c1-23-17-9-5-13(11-19(17)25-3)15(21)7-8-16(22)14-6-10-18(24-2)20(12-14)26-4/h5-6,9-12H,7-8H2,1-4H3. The van der Waals surface area contributed by atoms with Crippen LogP contribution in [0.15, 0.2) is 36.4 Å². The Balaban J connectivity index is 2.06. The first-order valence-corrected chi connectivity index (χ1v) is 8.04. The summed E-state index contributed by atoms with van der Waals surface area (Å²) >= 11 is 0. The van der Waals surface area contributed by atoms with E-state index in [2.05, 4.69) is 0 Å². The maximum Gasteiger partial charge on any atom is 0.163 e. The second kappa shape index (κ2) is 8.89. The van der Waals surface area contributed by atoms with Crippen molar-refractivity contribution in [2.45, 2.75) is 12.8 Å².